The molecular weight excluding hydrogens is 251 g/mol. The molecular formula is C13H13O4P. The van der Waals surface area contributed by atoms with Gasteiger partial charge in [-0.25, -0.2) is 0 Å². The zero-order valence-corrected chi connectivity index (χ0v) is 10.5. The minimum Gasteiger partial charge on any atom is -0.489 e. The molecule has 0 aliphatic rings. The Morgan fingerprint density at radius 2 is 1.72 bits per heavy atom. The maximum atomic E-state index is 11.1. The van der Waals surface area contributed by atoms with Crippen molar-refractivity contribution in [3.8, 4) is 5.75 Å². The molecule has 0 saturated heterocycles. The summed E-state index contributed by atoms with van der Waals surface area (Å²) in [5.41, 5.74) is 0.999. The minimum absolute atomic E-state index is 0.0342. The van der Waals surface area contributed by atoms with E-state index in [2.05, 4.69) is 0 Å². The Morgan fingerprint density at radius 1 is 1.00 bits per heavy atom. The summed E-state index contributed by atoms with van der Waals surface area (Å²) in [6.45, 7) is 0.367. The summed E-state index contributed by atoms with van der Waals surface area (Å²) >= 11 is 0. The molecule has 4 nitrogen and oxygen atoms in total. The van der Waals surface area contributed by atoms with Gasteiger partial charge in [-0.2, -0.15) is 0 Å². The van der Waals surface area contributed by atoms with E-state index in [9.17, 15) is 4.57 Å². The molecule has 0 atom stereocenters. The third-order valence-corrected chi connectivity index (χ3v) is 3.35. The molecule has 0 aromatic heterocycles. The third-order valence-electron chi connectivity index (χ3n) is 2.40. The maximum Gasteiger partial charge on any atom is 0.356 e. The van der Waals surface area contributed by atoms with Crippen LogP contribution in [0.5, 0.6) is 5.75 Å². The normalized spacial score (nSPS) is 11.2. The molecule has 0 spiro atoms. The van der Waals surface area contributed by atoms with Crippen molar-refractivity contribution in [2.24, 2.45) is 0 Å². The van der Waals surface area contributed by atoms with Gasteiger partial charge < -0.3 is 14.5 Å². The predicted octanol–water partition coefficient (Wildman–Crippen LogP) is 2.07. The van der Waals surface area contributed by atoms with Gasteiger partial charge in [0.2, 0.25) is 0 Å². The molecule has 0 fully saturated rings. The molecule has 0 heterocycles. The van der Waals surface area contributed by atoms with E-state index >= 15 is 0 Å². The lowest BCUT2D eigenvalue weighted by atomic mass is 10.2. The summed E-state index contributed by atoms with van der Waals surface area (Å²) in [5.74, 6) is 0.444. The lowest BCUT2D eigenvalue weighted by molar-refractivity contribution is 0.306. The first-order chi connectivity index (χ1) is 8.55. The van der Waals surface area contributed by atoms with Crippen molar-refractivity contribution >= 4 is 12.9 Å². The van der Waals surface area contributed by atoms with Crippen LogP contribution in [0, 0.1) is 0 Å². The second-order valence-electron chi connectivity index (χ2n) is 3.82. The standard InChI is InChI=1S/C13H13O4P/c14-18(15,16)13-8-4-7-12(9-13)17-10-11-5-2-1-3-6-11/h1-9H,10H2,(H2,14,15,16). The fraction of sp³-hybridized carbons (Fsp3) is 0.0769. The van der Waals surface area contributed by atoms with Crippen LogP contribution in [0.1, 0.15) is 5.56 Å². The Hall–Kier alpha value is -1.61. The molecule has 5 heteroatoms. The van der Waals surface area contributed by atoms with Crippen LogP contribution < -0.4 is 10.0 Å². The van der Waals surface area contributed by atoms with Crippen molar-refractivity contribution < 1.29 is 19.1 Å². The molecule has 2 aromatic rings. The second kappa shape index (κ2) is 5.36. The summed E-state index contributed by atoms with van der Waals surface area (Å²) in [4.78, 5) is 18.1. The molecule has 2 aromatic carbocycles. The number of hydrogen-bond donors (Lipinski definition) is 2. The second-order valence-corrected chi connectivity index (χ2v) is 5.42. The van der Waals surface area contributed by atoms with Gasteiger partial charge in [-0.1, -0.05) is 36.4 Å². The molecule has 2 N–H and O–H groups in total. The van der Waals surface area contributed by atoms with Crippen LogP contribution in [0.3, 0.4) is 0 Å². The van der Waals surface area contributed by atoms with Crippen molar-refractivity contribution in [2.45, 2.75) is 6.61 Å². The Kier molecular flexibility index (Phi) is 3.82. The van der Waals surface area contributed by atoms with Gasteiger partial charge in [0.05, 0.1) is 5.30 Å². The van der Waals surface area contributed by atoms with Crippen molar-refractivity contribution in [3.05, 3.63) is 60.2 Å². The van der Waals surface area contributed by atoms with Crippen LogP contribution in [-0.4, -0.2) is 9.79 Å². The molecule has 18 heavy (non-hydrogen) atoms. The van der Waals surface area contributed by atoms with Gasteiger partial charge in [0.15, 0.2) is 0 Å². The summed E-state index contributed by atoms with van der Waals surface area (Å²) in [6.07, 6.45) is 0. The van der Waals surface area contributed by atoms with Crippen LogP contribution in [0.15, 0.2) is 54.6 Å². The van der Waals surface area contributed by atoms with E-state index in [1.165, 1.54) is 12.1 Å². The molecule has 0 aliphatic heterocycles. The van der Waals surface area contributed by atoms with Gasteiger partial charge in [-0.3, -0.25) is 4.57 Å². The van der Waals surface area contributed by atoms with Gasteiger partial charge in [0, 0.05) is 0 Å². The van der Waals surface area contributed by atoms with Crippen LogP contribution >= 0.6 is 7.60 Å². The highest BCUT2D eigenvalue weighted by atomic mass is 31.2. The highest BCUT2D eigenvalue weighted by Crippen LogP contribution is 2.34. The van der Waals surface area contributed by atoms with Gasteiger partial charge in [-0.15, -0.1) is 0 Å². The van der Waals surface area contributed by atoms with Gasteiger partial charge in [0.25, 0.3) is 0 Å². The molecule has 0 aliphatic carbocycles. The van der Waals surface area contributed by atoms with Crippen molar-refractivity contribution in [2.75, 3.05) is 0 Å². The number of rotatable bonds is 4. The summed E-state index contributed by atoms with van der Waals surface area (Å²) in [6, 6.07) is 15.6. The highest BCUT2D eigenvalue weighted by molar-refractivity contribution is 7.60. The largest absolute Gasteiger partial charge is 0.489 e. The number of ether oxygens (including phenoxy) is 1. The van der Waals surface area contributed by atoms with E-state index in [-0.39, 0.29) is 5.30 Å². The molecule has 2 rings (SSSR count). The number of benzene rings is 2. The minimum atomic E-state index is -4.22. The van der Waals surface area contributed by atoms with Gasteiger partial charge in [-0.05, 0) is 23.8 Å². The average Bonchev–Trinajstić information content (AvgIpc) is 2.37. The topological polar surface area (TPSA) is 66.8 Å². The Morgan fingerprint density at radius 3 is 2.39 bits per heavy atom. The lowest BCUT2D eigenvalue weighted by Crippen LogP contribution is -2.04. The van der Waals surface area contributed by atoms with E-state index < -0.39 is 7.60 Å². The smallest absolute Gasteiger partial charge is 0.356 e. The molecule has 0 unspecified atom stereocenters. The maximum absolute atomic E-state index is 11.1. The monoisotopic (exact) mass is 264 g/mol. The molecule has 94 valence electrons. The van der Waals surface area contributed by atoms with Crippen LogP contribution in [0.4, 0.5) is 0 Å². The van der Waals surface area contributed by atoms with Crippen molar-refractivity contribution in [3.63, 3.8) is 0 Å². The first-order valence-electron chi connectivity index (χ1n) is 5.38. The zero-order valence-electron chi connectivity index (χ0n) is 9.56. The summed E-state index contributed by atoms with van der Waals surface area (Å²) < 4.78 is 16.6. The van der Waals surface area contributed by atoms with E-state index in [4.69, 9.17) is 14.5 Å². The van der Waals surface area contributed by atoms with Gasteiger partial charge >= 0.3 is 7.60 Å². The van der Waals surface area contributed by atoms with Gasteiger partial charge in [0.1, 0.15) is 12.4 Å². The van der Waals surface area contributed by atoms with Crippen LogP contribution in [-0.2, 0) is 11.2 Å². The average molecular weight is 264 g/mol. The first-order valence-corrected chi connectivity index (χ1v) is 7.00. The fourth-order valence-corrected chi connectivity index (χ4v) is 2.07. The van der Waals surface area contributed by atoms with Crippen molar-refractivity contribution in [1.82, 2.24) is 0 Å². The number of hydrogen-bond acceptors (Lipinski definition) is 2. The van der Waals surface area contributed by atoms with E-state index in [1.54, 1.807) is 12.1 Å². The van der Waals surface area contributed by atoms with E-state index in [0.717, 1.165) is 5.56 Å². The third kappa shape index (κ3) is 3.44. The van der Waals surface area contributed by atoms with Crippen LogP contribution in [0.2, 0.25) is 0 Å². The Bertz CT molecular complexity index is 562. The summed E-state index contributed by atoms with van der Waals surface area (Å²) in [7, 11) is -4.22. The SMILES string of the molecule is O=P(O)(O)c1cccc(OCc2ccccc2)c1. The van der Waals surface area contributed by atoms with E-state index in [1.807, 2.05) is 30.3 Å². The molecule has 0 amide bonds. The van der Waals surface area contributed by atoms with E-state index in [0.29, 0.717) is 12.4 Å². The zero-order chi connectivity index (χ0) is 13.0. The predicted molar refractivity (Wildman–Crippen MR) is 68.9 cm³/mol. The molecule has 0 bridgehead atoms. The first kappa shape index (κ1) is 12.8. The summed E-state index contributed by atoms with van der Waals surface area (Å²) in [5, 5.41) is -0.0342. The lowest BCUT2D eigenvalue weighted by Gasteiger charge is -2.09. The Labute approximate surface area is 105 Å². The molecule has 0 saturated carbocycles. The quantitative estimate of drug-likeness (QED) is 0.829. The Balaban J connectivity index is 2.09. The molecule has 0 radical (unpaired) electrons. The van der Waals surface area contributed by atoms with Crippen molar-refractivity contribution in [1.29, 1.82) is 0 Å². The highest BCUT2D eigenvalue weighted by Gasteiger charge is 2.17. The fourth-order valence-electron chi connectivity index (χ4n) is 1.50. The van der Waals surface area contributed by atoms with Crippen LogP contribution in [0.25, 0.3) is 0 Å².